The van der Waals surface area contributed by atoms with Gasteiger partial charge in [-0.15, -0.1) is 0 Å². The van der Waals surface area contributed by atoms with Crippen LogP contribution in [0.4, 0.5) is 0 Å². The van der Waals surface area contributed by atoms with E-state index in [1.165, 1.54) is 19.3 Å². The van der Waals surface area contributed by atoms with E-state index in [0.717, 1.165) is 6.42 Å². The maximum atomic E-state index is 12.3. The number of aliphatic hydroxyl groups is 1. The molecule has 4 heteroatoms. The third-order valence-corrected chi connectivity index (χ3v) is 5.32. The zero-order valence-corrected chi connectivity index (χ0v) is 11.0. The predicted molar refractivity (Wildman–Crippen MR) is 66.9 cm³/mol. The fraction of sp³-hybridized carbons (Fsp3) is 0.929. The Balaban J connectivity index is 1.63. The van der Waals surface area contributed by atoms with Crippen LogP contribution in [0.3, 0.4) is 0 Å². The number of nitrogens with one attached hydrogen (secondary N) is 1. The van der Waals surface area contributed by atoms with E-state index in [2.05, 4.69) is 5.32 Å². The zero-order valence-electron chi connectivity index (χ0n) is 11.0. The van der Waals surface area contributed by atoms with Gasteiger partial charge in [0, 0.05) is 25.2 Å². The normalized spacial score (nSPS) is 46.6. The highest BCUT2D eigenvalue weighted by atomic mass is 16.5. The summed E-state index contributed by atoms with van der Waals surface area (Å²) in [4.78, 5) is 12.3. The Morgan fingerprint density at radius 1 is 1.33 bits per heavy atom. The SMILES string of the molecule is CC1OCCC1C(=O)NC1C2CCC(C2)C1CO. The molecule has 0 aromatic carbocycles. The van der Waals surface area contributed by atoms with Gasteiger partial charge in [-0.05, 0) is 44.4 Å². The second-order valence-corrected chi connectivity index (χ2v) is 6.19. The lowest BCUT2D eigenvalue weighted by atomic mass is 9.84. The maximum Gasteiger partial charge on any atom is 0.226 e. The molecule has 2 saturated carbocycles. The second kappa shape index (κ2) is 4.82. The van der Waals surface area contributed by atoms with E-state index in [0.29, 0.717) is 18.4 Å². The molecule has 0 radical (unpaired) electrons. The number of ether oxygens (including phenoxy) is 1. The van der Waals surface area contributed by atoms with Gasteiger partial charge in [0.2, 0.25) is 5.91 Å². The smallest absolute Gasteiger partial charge is 0.226 e. The third kappa shape index (κ3) is 1.95. The average Bonchev–Trinajstić information content (AvgIpc) is 3.03. The summed E-state index contributed by atoms with van der Waals surface area (Å²) in [6, 6.07) is 0.203. The molecule has 102 valence electrons. The largest absolute Gasteiger partial charge is 0.396 e. The number of carbonyl (C=O) groups excluding carboxylic acids is 1. The number of rotatable bonds is 3. The molecule has 3 fully saturated rings. The Bertz CT molecular complexity index is 333. The van der Waals surface area contributed by atoms with Crippen LogP contribution in [-0.4, -0.2) is 36.4 Å². The van der Waals surface area contributed by atoms with Crippen molar-refractivity contribution >= 4 is 5.91 Å². The highest BCUT2D eigenvalue weighted by molar-refractivity contribution is 5.80. The van der Waals surface area contributed by atoms with Gasteiger partial charge in [-0.2, -0.15) is 0 Å². The van der Waals surface area contributed by atoms with Crippen molar-refractivity contribution in [2.75, 3.05) is 13.2 Å². The predicted octanol–water partition coefficient (Wildman–Crippen LogP) is 0.935. The van der Waals surface area contributed by atoms with Crippen molar-refractivity contribution in [3.63, 3.8) is 0 Å². The molecular weight excluding hydrogens is 230 g/mol. The quantitative estimate of drug-likeness (QED) is 0.787. The fourth-order valence-corrected chi connectivity index (χ4v) is 4.25. The molecular formula is C14H23NO3. The van der Waals surface area contributed by atoms with Crippen molar-refractivity contribution in [2.24, 2.45) is 23.7 Å². The molecule has 2 aliphatic carbocycles. The van der Waals surface area contributed by atoms with E-state index in [-0.39, 0.29) is 36.5 Å². The van der Waals surface area contributed by atoms with Crippen LogP contribution in [0.25, 0.3) is 0 Å². The summed E-state index contributed by atoms with van der Waals surface area (Å²) in [6.45, 7) is 2.88. The minimum absolute atomic E-state index is 0.00321. The second-order valence-electron chi connectivity index (χ2n) is 6.19. The van der Waals surface area contributed by atoms with Crippen LogP contribution < -0.4 is 5.32 Å². The molecule has 4 nitrogen and oxygen atoms in total. The van der Waals surface area contributed by atoms with Gasteiger partial charge >= 0.3 is 0 Å². The van der Waals surface area contributed by atoms with Crippen LogP contribution >= 0.6 is 0 Å². The molecule has 2 bridgehead atoms. The molecule has 18 heavy (non-hydrogen) atoms. The highest BCUT2D eigenvalue weighted by Gasteiger charge is 2.48. The molecule has 3 rings (SSSR count). The topological polar surface area (TPSA) is 58.6 Å². The standard InChI is InChI=1S/C14H23NO3/c1-8-11(4-5-18-8)14(17)15-13-10-3-2-9(6-10)12(13)7-16/h8-13,16H,2-7H2,1H3,(H,15,17). The van der Waals surface area contributed by atoms with Gasteiger partial charge in [0.1, 0.15) is 0 Å². The fourth-order valence-electron chi connectivity index (χ4n) is 4.25. The van der Waals surface area contributed by atoms with Gasteiger partial charge in [-0.3, -0.25) is 4.79 Å². The molecule has 1 amide bonds. The highest BCUT2D eigenvalue weighted by Crippen LogP contribution is 2.48. The van der Waals surface area contributed by atoms with Crippen molar-refractivity contribution in [3.8, 4) is 0 Å². The number of hydrogen-bond donors (Lipinski definition) is 2. The molecule has 0 aromatic heterocycles. The Labute approximate surface area is 108 Å². The van der Waals surface area contributed by atoms with E-state index in [9.17, 15) is 9.90 Å². The molecule has 1 aliphatic heterocycles. The molecule has 0 spiro atoms. The van der Waals surface area contributed by atoms with Crippen molar-refractivity contribution in [3.05, 3.63) is 0 Å². The van der Waals surface area contributed by atoms with Crippen LogP contribution in [0.5, 0.6) is 0 Å². The van der Waals surface area contributed by atoms with Crippen LogP contribution in [0.1, 0.15) is 32.6 Å². The number of aliphatic hydroxyl groups excluding tert-OH is 1. The Morgan fingerprint density at radius 3 is 2.78 bits per heavy atom. The number of fused-ring (bicyclic) bond motifs is 2. The van der Waals surface area contributed by atoms with Crippen molar-refractivity contribution in [1.82, 2.24) is 5.32 Å². The average molecular weight is 253 g/mol. The van der Waals surface area contributed by atoms with Gasteiger partial charge in [-0.25, -0.2) is 0 Å². The summed E-state index contributed by atoms with van der Waals surface area (Å²) in [5.41, 5.74) is 0. The minimum atomic E-state index is 0.00321. The first kappa shape index (κ1) is 12.4. The molecule has 6 atom stereocenters. The van der Waals surface area contributed by atoms with Crippen LogP contribution in [0.2, 0.25) is 0 Å². The Morgan fingerprint density at radius 2 is 2.11 bits per heavy atom. The number of carbonyl (C=O) groups is 1. The third-order valence-electron chi connectivity index (χ3n) is 5.32. The van der Waals surface area contributed by atoms with E-state index in [1.807, 2.05) is 6.92 Å². The van der Waals surface area contributed by atoms with E-state index < -0.39 is 0 Å². The summed E-state index contributed by atoms with van der Waals surface area (Å²) >= 11 is 0. The Kier molecular flexibility index (Phi) is 3.32. The molecule has 2 N–H and O–H groups in total. The van der Waals surface area contributed by atoms with Crippen LogP contribution in [0.15, 0.2) is 0 Å². The summed E-state index contributed by atoms with van der Waals surface area (Å²) < 4.78 is 5.46. The number of hydrogen-bond acceptors (Lipinski definition) is 3. The lowest BCUT2D eigenvalue weighted by molar-refractivity contribution is -0.128. The molecule has 1 saturated heterocycles. The van der Waals surface area contributed by atoms with Crippen LogP contribution in [0, 0.1) is 23.7 Å². The van der Waals surface area contributed by atoms with Gasteiger partial charge in [-0.1, -0.05) is 0 Å². The maximum absolute atomic E-state index is 12.3. The molecule has 0 aromatic rings. The molecule has 1 heterocycles. The minimum Gasteiger partial charge on any atom is -0.396 e. The lowest BCUT2D eigenvalue weighted by Gasteiger charge is -2.31. The Hall–Kier alpha value is -0.610. The summed E-state index contributed by atoms with van der Waals surface area (Å²) in [5.74, 6) is 1.64. The number of amides is 1. The summed E-state index contributed by atoms with van der Waals surface area (Å²) in [7, 11) is 0. The van der Waals surface area contributed by atoms with Gasteiger partial charge in [0.05, 0.1) is 12.0 Å². The lowest BCUT2D eigenvalue weighted by Crippen LogP contribution is -2.48. The van der Waals surface area contributed by atoms with E-state index in [4.69, 9.17) is 4.74 Å². The first-order valence-corrected chi connectivity index (χ1v) is 7.23. The zero-order chi connectivity index (χ0) is 12.7. The van der Waals surface area contributed by atoms with Gasteiger partial charge in [0.25, 0.3) is 0 Å². The van der Waals surface area contributed by atoms with Gasteiger partial charge < -0.3 is 15.2 Å². The summed E-state index contributed by atoms with van der Waals surface area (Å²) in [6.07, 6.45) is 4.50. The first-order chi connectivity index (χ1) is 8.70. The summed E-state index contributed by atoms with van der Waals surface area (Å²) in [5, 5.41) is 12.7. The van der Waals surface area contributed by atoms with Crippen molar-refractivity contribution in [1.29, 1.82) is 0 Å². The van der Waals surface area contributed by atoms with Crippen molar-refractivity contribution < 1.29 is 14.6 Å². The van der Waals surface area contributed by atoms with Crippen LogP contribution in [-0.2, 0) is 9.53 Å². The van der Waals surface area contributed by atoms with Gasteiger partial charge in [0.15, 0.2) is 0 Å². The van der Waals surface area contributed by atoms with Crippen molar-refractivity contribution in [2.45, 2.75) is 44.8 Å². The molecule has 3 aliphatic rings. The first-order valence-electron chi connectivity index (χ1n) is 7.23. The monoisotopic (exact) mass is 253 g/mol. The van der Waals surface area contributed by atoms with E-state index >= 15 is 0 Å². The molecule has 6 unspecified atom stereocenters. The van der Waals surface area contributed by atoms with E-state index in [1.54, 1.807) is 0 Å².